The molecular weight excluding hydrogens is 362 g/mol. The molecule has 0 aliphatic heterocycles. The van der Waals surface area contributed by atoms with Crippen LogP contribution in [0.2, 0.25) is 5.02 Å². The van der Waals surface area contributed by atoms with Gasteiger partial charge in [-0.3, -0.25) is 10.1 Å². The van der Waals surface area contributed by atoms with Gasteiger partial charge in [-0.15, -0.1) is 0 Å². The molecule has 0 spiro atoms. The maximum Gasteiger partial charge on any atom is 0.283 e. The van der Waals surface area contributed by atoms with Crippen molar-refractivity contribution < 1.29 is 14.8 Å². The first-order valence-corrected chi connectivity index (χ1v) is 7.14. The molecule has 0 radical (unpaired) electrons. The Bertz CT molecular complexity index is 678. The van der Waals surface area contributed by atoms with Crippen molar-refractivity contribution >= 4 is 33.2 Å². The zero-order valence-corrected chi connectivity index (χ0v) is 13.1. The topological polar surface area (TPSA) is 72.6 Å². The van der Waals surface area contributed by atoms with Crippen LogP contribution in [0.5, 0.6) is 5.75 Å². The Kier molecular flexibility index (Phi) is 5.17. The Hall–Kier alpha value is -1.63. The minimum Gasteiger partial charge on any atom is -0.487 e. The highest BCUT2D eigenvalue weighted by molar-refractivity contribution is 9.10. The second-order valence-corrected chi connectivity index (χ2v) is 5.42. The van der Waals surface area contributed by atoms with Crippen molar-refractivity contribution in [2.75, 3.05) is 0 Å². The first-order chi connectivity index (χ1) is 10.0. The molecule has 2 rings (SSSR count). The molecule has 0 saturated carbocycles. The molecule has 0 heterocycles. The summed E-state index contributed by atoms with van der Waals surface area (Å²) in [5.74, 6) is 0.451. The van der Waals surface area contributed by atoms with Crippen LogP contribution < -0.4 is 4.74 Å². The highest BCUT2D eigenvalue weighted by atomic mass is 79.9. The summed E-state index contributed by atoms with van der Waals surface area (Å²) in [4.78, 5) is 10.4. The molecule has 5 nitrogen and oxygen atoms in total. The second kappa shape index (κ2) is 6.89. The van der Waals surface area contributed by atoms with Gasteiger partial charge in [-0.25, -0.2) is 0 Å². The second-order valence-electron chi connectivity index (χ2n) is 4.22. The van der Waals surface area contributed by atoms with Crippen molar-refractivity contribution in [1.82, 2.24) is 0 Å². The van der Waals surface area contributed by atoms with E-state index in [1.165, 1.54) is 6.07 Å². The van der Waals surface area contributed by atoms with Crippen LogP contribution in [0.25, 0.3) is 0 Å². The van der Waals surface area contributed by atoms with Crippen LogP contribution in [0.1, 0.15) is 11.1 Å². The lowest BCUT2D eigenvalue weighted by Crippen LogP contribution is -1.99. The van der Waals surface area contributed by atoms with E-state index in [2.05, 4.69) is 15.9 Å². The Labute approximate surface area is 134 Å². The van der Waals surface area contributed by atoms with Crippen LogP contribution >= 0.6 is 27.5 Å². The molecular formula is C14H11BrClNO4. The summed E-state index contributed by atoms with van der Waals surface area (Å²) < 4.78 is 5.96. The smallest absolute Gasteiger partial charge is 0.283 e. The number of benzene rings is 2. The van der Waals surface area contributed by atoms with E-state index >= 15 is 0 Å². The molecule has 0 fully saturated rings. The predicted molar refractivity (Wildman–Crippen MR) is 82.5 cm³/mol. The Morgan fingerprint density at radius 3 is 2.71 bits per heavy atom. The van der Waals surface area contributed by atoms with E-state index in [0.717, 1.165) is 0 Å². The van der Waals surface area contributed by atoms with Crippen LogP contribution in [0.3, 0.4) is 0 Å². The van der Waals surface area contributed by atoms with Crippen molar-refractivity contribution in [3.8, 4) is 5.75 Å². The van der Waals surface area contributed by atoms with Crippen molar-refractivity contribution in [2.45, 2.75) is 13.2 Å². The zero-order valence-electron chi connectivity index (χ0n) is 10.8. The summed E-state index contributed by atoms with van der Waals surface area (Å²) in [5.41, 5.74) is 1.31. The van der Waals surface area contributed by atoms with Crippen molar-refractivity contribution in [1.29, 1.82) is 0 Å². The maximum atomic E-state index is 10.9. The Morgan fingerprint density at radius 1 is 1.33 bits per heavy atom. The van der Waals surface area contributed by atoms with Crippen molar-refractivity contribution in [3.63, 3.8) is 0 Å². The first-order valence-electron chi connectivity index (χ1n) is 5.96. The molecule has 0 amide bonds. The molecule has 21 heavy (non-hydrogen) atoms. The monoisotopic (exact) mass is 371 g/mol. The van der Waals surface area contributed by atoms with Gasteiger partial charge in [0.1, 0.15) is 16.8 Å². The first kappa shape index (κ1) is 15.8. The summed E-state index contributed by atoms with van der Waals surface area (Å²) >= 11 is 9.25. The molecule has 1 N–H and O–H groups in total. The van der Waals surface area contributed by atoms with Crippen LogP contribution in [-0.4, -0.2) is 10.0 Å². The molecule has 110 valence electrons. The zero-order chi connectivity index (χ0) is 15.4. The van der Waals surface area contributed by atoms with Crippen LogP contribution in [0.15, 0.2) is 40.9 Å². The van der Waals surface area contributed by atoms with E-state index in [4.69, 9.17) is 21.4 Å². The molecule has 0 atom stereocenters. The number of aliphatic hydroxyl groups is 1. The van der Waals surface area contributed by atoms with Gasteiger partial charge in [0.05, 0.1) is 16.6 Å². The fourth-order valence-corrected chi connectivity index (χ4v) is 2.52. The van der Waals surface area contributed by atoms with Gasteiger partial charge in [0.15, 0.2) is 0 Å². The average Bonchev–Trinajstić information content (AvgIpc) is 2.46. The summed E-state index contributed by atoms with van der Waals surface area (Å²) in [6.07, 6.45) is 0. The fourth-order valence-electron chi connectivity index (χ4n) is 1.73. The number of hydrogen-bond acceptors (Lipinski definition) is 4. The number of ether oxygens (including phenoxy) is 1. The van der Waals surface area contributed by atoms with Crippen LogP contribution in [0, 0.1) is 10.1 Å². The van der Waals surface area contributed by atoms with E-state index in [1.807, 2.05) is 0 Å². The highest BCUT2D eigenvalue weighted by Crippen LogP contribution is 2.31. The number of halogens is 2. The third-order valence-electron chi connectivity index (χ3n) is 2.82. The molecule has 0 bridgehead atoms. The number of nitrogens with zero attached hydrogens (tertiary/aromatic N) is 1. The van der Waals surface area contributed by atoms with E-state index in [1.54, 1.807) is 30.3 Å². The van der Waals surface area contributed by atoms with E-state index in [0.29, 0.717) is 26.4 Å². The quantitative estimate of drug-likeness (QED) is 0.634. The molecule has 0 unspecified atom stereocenters. The largest absolute Gasteiger partial charge is 0.487 e. The minimum atomic E-state index is -0.462. The third-order valence-corrected chi connectivity index (χ3v) is 4.03. The van der Waals surface area contributed by atoms with Gasteiger partial charge in [0.2, 0.25) is 0 Å². The number of nitro groups is 1. The molecule has 2 aromatic rings. The van der Waals surface area contributed by atoms with E-state index in [9.17, 15) is 10.1 Å². The Balaban J connectivity index is 2.17. The van der Waals surface area contributed by atoms with Crippen LogP contribution in [0.4, 0.5) is 5.69 Å². The third kappa shape index (κ3) is 3.72. The molecule has 0 aliphatic carbocycles. The Morgan fingerprint density at radius 2 is 2.10 bits per heavy atom. The van der Waals surface area contributed by atoms with Gasteiger partial charge >= 0.3 is 0 Å². The summed E-state index contributed by atoms with van der Waals surface area (Å²) in [6, 6.07) is 9.70. The summed E-state index contributed by atoms with van der Waals surface area (Å²) in [6.45, 7) is 0.0386. The highest BCUT2D eigenvalue weighted by Gasteiger charge is 2.15. The number of aliphatic hydroxyl groups excluding tert-OH is 1. The van der Waals surface area contributed by atoms with E-state index in [-0.39, 0.29) is 18.9 Å². The molecule has 0 aromatic heterocycles. The number of hydrogen-bond donors (Lipinski definition) is 1. The lowest BCUT2D eigenvalue weighted by Gasteiger charge is -2.10. The molecule has 2 aromatic carbocycles. The molecule has 0 saturated heterocycles. The molecule has 0 aliphatic rings. The normalized spacial score (nSPS) is 10.4. The summed E-state index contributed by atoms with van der Waals surface area (Å²) in [5, 5.41) is 20.3. The van der Waals surface area contributed by atoms with Gasteiger partial charge < -0.3 is 9.84 Å². The van der Waals surface area contributed by atoms with Crippen molar-refractivity contribution in [2.24, 2.45) is 0 Å². The van der Waals surface area contributed by atoms with Gasteiger partial charge in [0.25, 0.3) is 5.69 Å². The van der Waals surface area contributed by atoms with Gasteiger partial charge in [-0.2, -0.15) is 0 Å². The van der Waals surface area contributed by atoms with Gasteiger partial charge in [-0.05, 0) is 33.6 Å². The van der Waals surface area contributed by atoms with Crippen LogP contribution in [-0.2, 0) is 13.2 Å². The lowest BCUT2D eigenvalue weighted by molar-refractivity contribution is -0.385. The summed E-state index contributed by atoms with van der Waals surface area (Å²) in [7, 11) is 0. The number of nitro benzene ring substituents is 1. The minimum absolute atomic E-state index is 0.0159. The average molecular weight is 373 g/mol. The lowest BCUT2D eigenvalue weighted by atomic mass is 10.2. The predicted octanol–water partition coefficient (Wildman–Crippen LogP) is 4.08. The maximum absolute atomic E-state index is 10.9. The SMILES string of the molecule is O=[N+]([O-])c1cccc(COc2ccc(CO)cc2Cl)c1Br. The number of rotatable bonds is 5. The molecule has 7 heteroatoms. The van der Waals surface area contributed by atoms with Gasteiger partial charge in [0, 0.05) is 11.6 Å². The fraction of sp³-hybridized carbons (Fsp3) is 0.143. The van der Waals surface area contributed by atoms with Gasteiger partial charge in [-0.1, -0.05) is 29.8 Å². The van der Waals surface area contributed by atoms with Crippen molar-refractivity contribution in [3.05, 3.63) is 67.1 Å². The van der Waals surface area contributed by atoms with E-state index < -0.39 is 4.92 Å². The standard InChI is InChI=1S/C14H11BrClNO4/c15-14-10(2-1-3-12(14)17(19)20)8-21-13-5-4-9(7-18)6-11(13)16/h1-6,18H,7-8H2.